The van der Waals surface area contributed by atoms with E-state index in [-0.39, 0.29) is 11.8 Å². The molecule has 0 saturated carbocycles. The second kappa shape index (κ2) is 7.94. The van der Waals surface area contributed by atoms with Gasteiger partial charge < -0.3 is 15.5 Å². The molecule has 0 spiro atoms. The molecule has 120 valence electrons. The molecule has 1 aromatic rings. The molecule has 1 aliphatic rings. The maximum absolute atomic E-state index is 12.5. The van der Waals surface area contributed by atoms with E-state index < -0.39 is 6.04 Å². The van der Waals surface area contributed by atoms with Crippen LogP contribution in [0.4, 0.5) is 0 Å². The number of amides is 2. The third kappa shape index (κ3) is 4.07. The minimum absolute atomic E-state index is 0.0101. The quantitative estimate of drug-likeness (QED) is 0.916. The van der Waals surface area contributed by atoms with E-state index in [1.807, 2.05) is 42.2 Å². The van der Waals surface area contributed by atoms with E-state index in [4.69, 9.17) is 5.73 Å². The summed E-state index contributed by atoms with van der Waals surface area (Å²) in [6.07, 6.45) is 2.41. The Labute approximate surface area is 132 Å². The molecule has 0 radical (unpaired) electrons. The third-order valence-corrected chi connectivity index (χ3v) is 4.03. The highest BCUT2D eigenvalue weighted by atomic mass is 16.2. The van der Waals surface area contributed by atoms with E-state index in [1.54, 1.807) is 4.90 Å². The first-order valence-electron chi connectivity index (χ1n) is 8.02. The summed E-state index contributed by atoms with van der Waals surface area (Å²) in [5.41, 5.74) is 6.62. The van der Waals surface area contributed by atoms with Crippen LogP contribution in [0.15, 0.2) is 30.3 Å². The van der Waals surface area contributed by atoms with Crippen LogP contribution < -0.4 is 5.73 Å². The van der Waals surface area contributed by atoms with Gasteiger partial charge in [0.05, 0.1) is 6.04 Å². The Morgan fingerprint density at radius 1 is 1.09 bits per heavy atom. The van der Waals surface area contributed by atoms with E-state index in [2.05, 4.69) is 0 Å². The fraction of sp³-hybridized carbons (Fsp3) is 0.529. The lowest BCUT2D eigenvalue weighted by Gasteiger charge is -2.24. The van der Waals surface area contributed by atoms with Crippen molar-refractivity contribution in [3.63, 3.8) is 0 Å². The van der Waals surface area contributed by atoms with Crippen molar-refractivity contribution in [2.24, 2.45) is 5.73 Å². The van der Waals surface area contributed by atoms with Crippen LogP contribution >= 0.6 is 0 Å². The molecule has 5 nitrogen and oxygen atoms in total. The smallest absolute Gasteiger partial charge is 0.253 e. The lowest BCUT2D eigenvalue weighted by molar-refractivity contribution is -0.132. The van der Waals surface area contributed by atoms with Gasteiger partial charge in [0.15, 0.2) is 0 Å². The predicted molar refractivity (Wildman–Crippen MR) is 86.4 cm³/mol. The highest BCUT2D eigenvalue weighted by Gasteiger charge is 2.25. The van der Waals surface area contributed by atoms with Crippen molar-refractivity contribution in [1.29, 1.82) is 0 Å². The number of hydrogen-bond acceptors (Lipinski definition) is 3. The molecule has 2 N–H and O–H groups in total. The zero-order chi connectivity index (χ0) is 15.9. The predicted octanol–water partition coefficient (Wildman–Crippen LogP) is 1.49. The topological polar surface area (TPSA) is 66.6 Å². The molecule has 0 bridgehead atoms. The Kier molecular flexibility index (Phi) is 5.95. The van der Waals surface area contributed by atoms with Crippen LogP contribution in [0.5, 0.6) is 0 Å². The van der Waals surface area contributed by atoms with Crippen molar-refractivity contribution in [2.45, 2.75) is 32.2 Å². The normalized spacial score (nSPS) is 17.0. The fourth-order valence-corrected chi connectivity index (χ4v) is 2.77. The highest BCUT2D eigenvalue weighted by molar-refractivity contribution is 5.94. The average Bonchev–Trinajstić information content (AvgIpc) is 2.80. The molecule has 2 rings (SSSR count). The van der Waals surface area contributed by atoms with Crippen molar-refractivity contribution in [2.75, 3.05) is 26.2 Å². The molecule has 5 heteroatoms. The Hall–Kier alpha value is -1.88. The maximum Gasteiger partial charge on any atom is 0.253 e. The van der Waals surface area contributed by atoms with Crippen LogP contribution in [-0.4, -0.2) is 53.8 Å². The van der Waals surface area contributed by atoms with Gasteiger partial charge in [0, 0.05) is 31.7 Å². The van der Waals surface area contributed by atoms with Crippen molar-refractivity contribution in [3.8, 4) is 0 Å². The number of carbonyl (C=O) groups excluding carboxylic acids is 2. The molecule has 2 amide bonds. The molecule has 1 fully saturated rings. The summed E-state index contributed by atoms with van der Waals surface area (Å²) in [5.74, 6) is 0.0450. The standard InChI is InChI=1S/C17H25N3O2/c1-2-7-15(18)17(22)20-11-6-10-19(12-13-20)16(21)14-8-4-3-5-9-14/h3-5,8-9,15H,2,6-7,10-13,18H2,1H3. The second-order valence-electron chi connectivity index (χ2n) is 5.73. The van der Waals surface area contributed by atoms with E-state index in [0.29, 0.717) is 38.2 Å². The third-order valence-electron chi connectivity index (χ3n) is 4.03. The molecule has 1 atom stereocenters. The monoisotopic (exact) mass is 303 g/mol. The van der Waals surface area contributed by atoms with Gasteiger partial charge in [0.2, 0.25) is 5.91 Å². The number of rotatable bonds is 4. The van der Waals surface area contributed by atoms with Crippen molar-refractivity contribution >= 4 is 11.8 Å². The van der Waals surface area contributed by atoms with Crippen molar-refractivity contribution in [3.05, 3.63) is 35.9 Å². The number of nitrogens with two attached hydrogens (primary N) is 1. The Morgan fingerprint density at radius 2 is 1.73 bits per heavy atom. The number of hydrogen-bond donors (Lipinski definition) is 1. The largest absolute Gasteiger partial charge is 0.340 e. The Bertz CT molecular complexity index is 504. The molecule has 1 unspecified atom stereocenters. The summed E-state index contributed by atoms with van der Waals surface area (Å²) >= 11 is 0. The van der Waals surface area contributed by atoms with Gasteiger partial charge in [0.25, 0.3) is 5.91 Å². The van der Waals surface area contributed by atoms with Gasteiger partial charge in [0.1, 0.15) is 0 Å². The summed E-state index contributed by atoms with van der Waals surface area (Å²) in [4.78, 5) is 28.4. The van der Waals surface area contributed by atoms with Crippen LogP contribution in [0, 0.1) is 0 Å². The fourth-order valence-electron chi connectivity index (χ4n) is 2.77. The van der Waals surface area contributed by atoms with E-state index in [0.717, 1.165) is 12.8 Å². The van der Waals surface area contributed by atoms with Gasteiger partial charge in [-0.1, -0.05) is 31.5 Å². The van der Waals surface area contributed by atoms with Gasteiger partial charge in [-0.2, -0.15) is 0 Å². The van der Waals surface area contributed by atoms with Crippen LogP contribution in [0.25, 0.3) is 0 Å². The van der Waals surface area contributed by atoms with Crippen molar-refractivity contribution < 1.29 is 9.59 Å². The first-order chi connectivity index (χ1) is 10.6. The minimum atomic E-state index is -0.415. The summed E-state index contributed by atoms with van der Waals surface area (Å²) in [7, 11) is 0. The number of nitrogens with zero attached hydrogens (tertiary/aromatic N) is 2. The van der Waals surface area contributed by atoms with Crippen LogP contribution in [-0.2, 0) is 4.79 Å². The van der Waals surface area contributed by atoms with Gasteiger partial charge in [-0.25, -0.2) is 0 Å². The second-order valence-corrected chi connectivity index (χ2v) is 5.73. The summed E-state index contributed by atoms with van der Waals surface area (Å²) < 4.78 is 0. The van der Waals surface area contributed by atoms with E-state index in [1.165, 1.54) is 0 Å². The molecular formula is C17H25N3O2. The summed E-state index contributed by atoms with van der Waals surface area (Å²) in [5, 5.41) is 0. The van der Waals surface area contributed by atoms with Gasteiger partial charge in [-0.15, -0.1) is 0 Å². The highest BCUT2D eigenvalue weighted by Crippen LogP contribution is 2.10. The zero-order valence-electron chi connectivity index (χ0n) is 13.2. The Balaban J connectivity index is 1.95. The Morgan fingerprint density at radius 3 is 2.41 bits per heavy atom. The first-order valence-corrected chi connectivity index (χ1v) is 8.02. The van der Waals surface area contributed by atoms with Crippen LogP contribution in [0.1, 0.15) is 36.5 Å². The van der Waals surface area contributed by atoms with E-state index >= 15 is 0 Å². The SMILES string of the molecule is CCCC(N)C(=O)N1CCCN(C(=O)c2ccccc2)CC1. The van der Waals surface area contributed by atoms with Crippen LogP contribution in [0.2, 0.25) is 0 Å². The van der Waals surface area contributed by atoms with Crippen molar-refractivity contribution in [1.82, 2.24) is 9.80 Å². The molecule has 0 aromatic heterocycles. The molecule has 0 aliphatic carbocycles. The lowest BCUT2D eigenvalue weighted by Crippen LogP contribution is -2.45. The average molecular weight is 303 g/mol. The van der Waals surface area contributed by atoms with E-state index in [9.17, 15) is 9.59 Å². The molecule has 1 heterocycles. The first kappa shape index (κ1) is 16.5. The molecule has 1 aromatic carbocycles. The summed E-state index contributed by atoms with van der Waals surface area (Å²) in [6.45, 7) is 4.51. The zero-order valence-corrected chi connectivity index (χ0v) is 13.2. The lowest BCUT2D eigenvalue weighted by atomic mass is 10.1. The summed E-state index contributed by atoms with van der Waals surface area (Å²) in [6, 6.07) is 8.87. The van der Waals surface area contributed by atoms with Gasteiger partial charge in [-0.05, 0) is 25.0 Å². The molecular weight excluding hydrogens is 278 g/mol. The van der Waals surface area contributed by atoms with Gasteiger partial charge >= 0.3 is 0 Å². The van der Waals surface area contributed by atoms with Gasteiger partial charge in [-0.3, -0.25) is 9.59 Å². The number of benzene rings is 1. The molecule has 22 heavy (non-hydrogen) atoms. The maximum atomic E-state index is 12.5. The number of carbonyl (C=O) groups is 2. The minimum Gasteiger partial charge on any atom is -0.340 e. The molecule has 1 saturated heterocycles. The van der Waals surface area contributed by atoms with Crippen LogP contribution in [0.3, 0.4) is 0 Å². The molecule has 1 aliphatic heterocycles.